The quantitative estimate of drug-likeness (QED) is 0.758. The van der Waals surface area contributed by atoms with Crippen molar-refractivity contribution in [1.82, 2.24) is 0 Å². The molecule has 3 atom stereocenters. The van der Waals surface area contributed by atoms with E-state index in [1.165, 1.54) is 0 Å². The molecule has 2 aromatic rings. The molecule has 106 valence electrons. The van der Waals surface area contributed by atoms with Crippen molar-refractivity contribution in [2.45, 2.75) is 18.1 Å². The van der Waals surface area contributed by atoms with Crippen LogP contribution in [0.15, 0.2) is 52.4 Å². The summed E-state index contributed by atoms with van der Waals surface area (Å²) in [7, 11) is 0. The second kappa shape index (κ2) is 4.40. The average Bonchev–Trinajstić information content (AvgIpc) is 2.97. The predicted molar refractivity (Wildman–Crippen MR) is 78.9 cm³/mol. The minimum absolute atomic E-state index is 0.149. The zero-order chi connectivity index (χ0) is 14.6. The van der Waals surface area contributed by atoms with Crippen LogP contribution in [-0.2, 0) is 4.74 Å². The van der Waals surface area contributed by atoms with Gasteiger partial charge in [-0.25, -0.2) is 0 Å². The van der Waals surface area contributed by atoms with Crippen molar-refractivity contribution in [1.29, 1.82) is 0 Å². The van der Waals surface area contributed by atoms with Gasteiger partial charge in [-0.3, -0.25) is 4.79 Å². The zero-order valence-corrected chi connectivity index (χ0v) is 11.7. The fraction of sp³-hybridized carbons (Fsp3) is 0.188. The highest BCUT2D eigenvalue weighted by Gasteiger charge is 2.43. The van der Waals surface area contributed by atoms with Crippen molar-refractivity contribution in [2.24, 2.45) is 0 Å². The van der Waals surface area contributed by atoms with Gasteiger partial charge in [0.15, 0.2) is 18.0 Å². The molecule has 3 heterocycles. The first kappa shape index (κ1) is 12.5. The maximum Gasteiger partial charge on any atom is 0.234 e. The van der Waals surface area contributed by atoms with E-state index in [9.17, 15) is 4.79 Å². The van der Waals surface area contributed by atoms with Crippen LogP contribution in [-0.4, -0.2) is 12.2 Å². The summed E-state index contributed by atoms with van der Waals surface area (Å²) in [4.78, 5) is 12.6. The molecule has 0 N–H and O–H groups in total. The Morgan fingerprint density at radius 1 is 1.33 bits per heavy atom. The predicted octanol–water partition coefficient (Wildman–Crippen LogP) is 3.39. The highest BCUT2D eigenvalue weighted by atomic mass is 35.5. The summed E-state index contributed by atoms with van der Waals surface area (Å²) >= 11 is 5.95. The minimum Gasteiger partial charge on any atom is -0.493 e. The number of fused-ring (bicyclic) bond motifs is 4. The Hall–Kier alpha value is -2.20. The van der Waals surface area contributed by atoms with E-state index in [2.05, 4.69) is 6.58 Å². The number of hydrogen-bond acceptors (Lipinski definition) is 4. The van der Waals surface area contributed by atoms with E-state index in [-0.39, 0.29) is 23.2 Å². The van der Waals surface area contributed by atoms with Crippen LogP contribution in [0.5, 0.6) is 5.75 Å². The van der Waals surface area contributed by atoms with E-state index in [4.69, 9.17) is 25.5 Å². The van der Waals surface area contributed by atoms with Gasteiger partial charge < -0.3 is 13.9 Å². The van der Waals surface area contributed by atoms with Crippen molar-refractivity contribution in [3.05, 3.63) is 64.2 Å². The van der Waals surface area contributed by atoms with Crippen molar-refractivity contribution in [2.75, 3.05) is 0 Å². The van der Waals surface area contributed by atoms with Crippen LogP contribution in [0.4, 0.5) is 0 Å². The van der Waals surface area contributed by atoms with Gasteiger partial charge in [-0.2, -0.15) is 0 Å². The third kappa shape index (κ3) is 1.72. The van der Waals surface area contributed by atoms with Crippen LogP contribution in [0.25, 0.3) is 11.0 Å². The molecular formula is C16H11ClO4. The van der Waals surface area contributed by atoms with E-state index in [0.717, 1.165) is 0 Å². The van der Waals surface area contributed by atoms with Gasteiger partial charge in [0.2, 0.25) is 11.2 Å². The maximum atomic E-state index is 12.6. The highest BCUT2D eigenvalue weighted by Crippen LogP contribution is 2.41. The molecule has 0 radical (unpaired) electrons. The highest BCUT2D eigenvalue weighted by molar-refractivity contribution is 6.31. The zero-order valence-electron chi connectivity index (χ0n) is 10.9. The minimum atomic E-state index is -0.392. The Balaban J connectivity index is 2.02. The molecule has 0 unspecified atom stereocenters. The van der Waals surface area contributed by atoms with Crippen molar-refractivity contribution in [3.8, 4) is 5.75 Å². The SMILES string of the molecule is C=C[C@H]1Oc2c(oc3ccc(Cl)cc3c2=O)[C@@H]2C=CO[C@H]12. The summed E-state index contributed by atoms with van der Waals surface area (Å²) in [6, 6.07) is 4.96. The van der Waals surface area contributed by atoms with E-state index in [1.54, 1.807) is 30.5 Å². The summed E-state index contributed by atoms with van der Waals surface area (Å²) < 4.78 is 17.1. The van der Waals surface area contributed by atoms with Crippen LogP contribution in [0, 0.1) is 0 Å². The van der Waals surface area contributed by atoms with Crippen LogP contribution in [0.2, 0.25) is 5.02 Å². The molecule has 0 spiro atoms. The van der Waals surface area contributed by atoms with Crippen molar-refractivity contribution in [3.63, 3.8) is 0 Å². The molecule has 0 fully saturated rings. The molecule has 21 heavy (non-hydrogen) atoms. The fourth-order valence-corrected chi connectivity index (χ4v) is 2.99. The lowest BCUT2D eigenvalue weighted by Crippen LogP contribution is -2.39. The van der Waals surface area contributed by atoms with Gasteiger partial charge in [-0.1, -0.05) is 18.2 Å². The second-order valence-corrected chi connectivity index (χ2v) is 5.47. The van der Waals surface area contributed by atoms with Crippen LogP contribution in [0.3, 0.4) is 0 Å². The molecule has 1 aromatic carbocycles. The average molecular weight is 303 g/mol. The van der Waals surface area contributed by atoms with Gasteiger partial charge in [-0.15, -0.1) is 0 Å². The van der Waals surface area contributed by atoms with E-state index < -0.39 is 6.10 Å². The van der Waals surface area contributed by atoms with Gasteiger partial charge >= 0.3 is 0 Å². The van der Waals surface area contributed by atoms with Crippen LogP contribution < -0.4 is 10.2 Å². The summed E-state index contributed by atoms with van der Waals surface area (Å²) in [6.07, 6.45) is 4.47. The summed E-state index contributed by atoms with van der Waals surface area (Å²) in [6.45, 7) is 3.74. The Morgan fingerprint density at radius 3 is 3.00 bits per heavy atom. The molecule has 2 aliphatic heterocycles. The van der Waals surface area contributed by atoms with Gasteiger partial charge in [0, 0.05) is 5.02 Å². The molecule has 4 nitrogen and oxygen atoms in total. The van der Waals surface area contributed by atoms with Crippen LogP contribution in [0.1, 0.15) is 11.7 Å². The number of hydrogen-bond donors (Lipinski definition) is 0. The summed E-state index contributed by atoms with van der Waals surface area (Å²) in [5.74, 6) is 0.558. The first-order chi connectivity index (χ1) is 10.2. The molecule has 0 bridgehead atoms. The lowest BCUT2D eigenvalue weighted by Gasteiger charge is -2.31. The normalized spacial score (nSPS) is 25.9. The molecule has 0 aliphatic carbocycles. The standard InChI is InChI=1S/C16H11ClO4/c1-2-11-14-9(5-6-19-14)15-16(20-11)13(18)10-7-8(17)3-4-12(10)21-15/h2-7,9,11,14H,1H2/t9-,11-,14+/m1/s1. The number of halogens is 1. The molecule has 4 rings (SSSR count). The smallest absolute Gasteiger partial charge is 0.234 e. The molecule has 2 aliphatic rings. The third-order valence-corrected chi connectivity index (χ3v) is 4.06. The molecule has 1 aromatic heterocycles. The molecule has 0 amide bonds. The van der Waals surface area contributed by atoms with Crippen LogP contribution >= 0.6 is 11.6 Å². The maximum absolute atomic E-state index is 12.6. The van der Waals surface area contributed by atoms with Gasteiger partial charge in [0.25, 0.3) is 0 Å². The molecular weight excluding hydrogens is 292 g/mol. The third-order valence-electron chi connectivity index (χ3n) is 3.82. The topological polar surface area (TPSA) is 48.7 Å². The fourth-order valence-electron chi connectivity index (χ4n) is 2.82. The number of rotatable bonds is 1. The number of benzene rings is 1. The lowest BCUT2D eigenvalue weighted by atomic mass is 9.92. The van der Waals surface area contributed by atoms with Crippen molar-refractivity contribution < 1.29 is 13.9 Å². The first-order valence-electron chi connectivity index (χ1n) is 6.56. The first-order valence-corrected chi connectivity index (χ1v) is 6.94. The Kier molecular flexibility index (Phi) is 2.62. The van der Waals surface area contributed by atoms with Gasteiger partial charge in [0.05, 0.1) is 17.6 Å². The molecule has 5 heteroatoms. The summed E-state index contributed by atoms with van der Waals surface area (Å²) in [5, 5.41) is 0.887. The number of ether oxygens (including phenoxy) is 2. The van der Waals surface area contributed by atoms with Gasteiger partial charge in [-0.05, 0) is 30.4 Å². The Bertz CT molecular complexity index is 836. The van der Waals surface area contributed by atoms with Crippen molar-refractivity contribution >= 4 is 22.6 Å². The van der Waals surface area contributed by atoms with Gasteiger partial charge in [0.1, 0.15) is 5.58 Å². The molecule has 0 saturated heterocycles. The summed E-state index contributed by atoms with van der Waals surface area (Å²) in [5.41, 5.74) is 0.266. The Labute approximate surface area is 125 Å². The van der Waals surface area contributed by atoms with E-state index >= 15 is 0 Å². The Morgan fingerprint density at radius 2 is 2.19 bits per heavy atom. The largest absolute Gasteiger partial charge is 0.493 e. The monoisotopic (exact) mass is 302 g/mol. The van der Waals surface area contributed by atoms with E-state index in [0.29, 0.717) is 21.8 Å². The second-order valence-electron chi connectivity index (χ2n) is 5.04. The lowest BCUT2D eigenvalue weighted by molar-refractivity contribution is 0.0328. The molecule has 0 saturated carbocycles. The van der Waals surface area contributed by atoms with E-state index in [1.807, 2.05) is 6.08 Å².